The molecule has 1 aromatic carbocycles. The maximum atomic E-state index is 12.0. The van der Waals surface area contributed by atoms with E-state index < -0.39 is 4.92 Å². The highest BCUT2D eigenvalue weighted by molar-refractivity contribution is 7.16. The van der Waals surface area contributed by atoms with Crippen molar-refractivity contribution in [3.8, 4) is 0 Å². The first-order valence-electron chi connectivity index (χ1n) is 6.38. The molecule has 0 radical (unpaired) electrons. The van der Waals surface area contributed by atoms with Crippen molar-refractivity contribution in [3.63, 3.8) is 0 Å². The molecule has 2 aromatic rings. The Bertz CT molecular complexity index is 727. The number of nitro benzene ring substituents is 1. The zero-order valence-electron chi connectivity index (χ0n) is 11.7. The van der Waals surface area contributed by atoms with Gasteiger partial charge in [0.1, 0.15) is 0 Å². The van der Waals surface area contributed by atoms with Gasteiger partial charge in [-0.15, -0.1) is 11.3 Å². The van der Waals surface area contributed by atoms with Crippen LogP contribution in [0.15, 0.2) is 42.5 Å². The zero-order chi connectivity index (χ0) is 16.1. The second-order valence-corrected chi connectivity index (χ2v) is 6.35. The van der Waals surface area contributed by atoms with E-state index in [4.69, 9.17) is 11.6 Å². The molecule has 0 aliphatic carbocycles. The molecule has 5 nitrogen and oxygen atoms in total. The van der Waals surface area contributed by atoms with Crippen LogP contribution in [0.3, 0.4) is 0 Å². The van der Waals surface area contributed by atoms with Gasteiger partial charge < -0.3 is 4.90 Å². The number of nitro groups is 1. The van der Waals surface area contributed by atoms with Crippen molar-refractivity contribution in [1.29, 1.82) is 0 Å². The Morgan fingerprint density at radius 1 is 1.36 bits per heavy atom. The van der Waals surface area contributed by atoms with Crippen LogP contribution >= 0.6 is 22.9 Å². The molecule has 0 atom stereocenters. The van der Waals surface area contributed by atoms with Crippen molar-refractivity contribution in [3.05, 3.63) is 67.4 Å². The van der Waals surface area contributed by atoms with Gasteiger partial charge in [-0.3, -0.25) is 14.9 Å². The van der Waals surface area contributed by atoms with Gasteiger partial charge in [0.05, 0.1) is 21.4 Å². The molecule has 1 aromatic heterocycles. The summed E-state index contributed by atoms with van der Waals surface area (Å²) >= 11 is 7.26. The number of thiophene rings is 1. The molecule has 0 bridgehead atoms. The van der Waals surface area contributed by atoms with Crippen molar-refractivity contribution in [2.24, 2.45) is 0 Å². The van der Waals surface area contributed by atoms with Gasteiger partial charge in [-0.2, -0.15) is 0 Å². The third-order valence-corrected chi connectivity index (χ3v) is 4.15. The largest absolute Gasteiger partial charge is 0.337 e. The van der Waals surface area contributed by atoms with Gasteiger partial charge in [0, 0.05) is 24.1 Å². The second kappa shape index (κ2) is 7.20. The Balaban J connectivity index is 2.06. The maximum absolute atomic E-state index is 12.0. The summed E-state index contributed by atoms with van der Waals surface area (Å²) in [5.74, 6) is -0.234. The molecule has 0 saturated carbocycles. The summed E-state index contributed by atoms with van der Waals surface area (Å²) in [6.07, 6.45) is 2.79. The molecule has 0 N–H and O–H groups in total. The van der Waals surface area contributed by atoms with E-state index in [1.54, 1.807) is 31.3 Å². The molecule has 0 aliphatic rings. The summed E-state index contributed by atoms with van der Waals surface area (Å²) in [7, 11) is 1.67. The minimum absolute atomic E-state index is 0.0285. The van der Waals surface area contributed by atoms with Crippen molar-refractivity contribution >= 4 is 40.6 Å². The Labute approximate surface area is 136 Å². The number of carbonyl (C=O) groups is 1. The van der Waals surface area contributed by atoms with E-state index in [-0.39, 0.29) is 11.6 Å². The summed E-state index contributed by atoms with van der Waals surface area (Å²) in [4.78, 5) is 25.0. The van der Waals surface area contributed by atoms with Gasteiger partial charge >= 0.3 is 0 Å². The molecule has 0 spiro atoms. The molecule has 7 heteroatoms. The van der Waals surface area contributed by atoms with E-state index >= 15 is 0 Å². The minimum Gasteiger partial charge on any atom is -0.337 e. The van der Waals surface area contributed by atoms with Crippen LogP contribution in [0.4, 0.5) is 5.69 Å². The van der Waals surface area contributed by atoms with Crippen molar-refractivity contribution < 1.29 is 9.72 Å². The van der Waals surface area contributed by atoms with Crippen LogP contribution < -0.4 is 0 Å². The topological polar surface area (TPSA) is 63.5 Å². The van der Waals surface area contributed by atoms with E-state index in [9.17, 15) is 14.9 Å². The molecule has 0 saturated heterocycles. The molecule has 114 valence electrons. The number of para-hydroxylation sites is 1. The third-order valence-electron chi connectivity index (χ3n) is 2.94. The quantitative estimate of drug-likeness (QED) is 0.471. The number of nitrogens with zero attached hydrogens (tertiary/aromatic N) is 2. The van der Waals surface area contributed by atoms with Gasteiger partial charge in [-0.1, -0.05) is 23.7 Å². The van der Waals surface area contributed by atoms with Crippen LogP contribution in [0.1, 0.15) is 10.4 Å². The van der Waals surface area contributed by atoms with E-state index in [2.05, 4.69) is 0 Å². The number of rotatable bonds is 5. The molecule has 0 aliphatic heterocycles. The first-order valence-corrected chi connectivity index (χ1v) is 7.57. The molecular formula is C15H13ClN2O3S. The lowest BCUT2D eigenvalue weighted by molar-refractivity contribution is -0.385. The average Bonchev–Trinajstić information content (AvgIpc) is 2.90. The lowest BCUT2D eigenvalue weighted by Gasteiger charge is -2.13. The monoisotopic (exact) mass is 336 g/mol. The average molecular weight is 337 g/mol. The first kappa shape index (κ1) is 16.2. The number of hydrogen-bond acceptors (Lipinski definition) is 4. The maximum Gasteiger partial charge on any atom is 0.276 e. The zero-order valence-corrected chi connectivity index (χ0v) is 13.3. The van der Waals surface area contributed by atoms with Gasteiger partial charge in [0.25, 0.3) is 5.69 Å². The molecule has 2 rings (SSSR count). The number of benzene rings is 1. The minimum atomic E-state index is -0.471. The van der Waals surface area contributed by atoms with E-state index in [0.29, 0.717) is 16.4 Å². The Kier molecular flexibility index (Phi) is 5.30. The van der Waals surface area contributed by atoms with E-state index in [0.717, 1.165) is 4.88 Å². The Morgan fingerprint density at radius 2 is 2.09 bits per heavy atom. The number of likely N-dealkylation sites (N-methyl/N-ethyl adjacent to an activating group) is 1. The van der Waals surface area contributed by atoms with Crippen LogP contribution in [0.25, 0.3) is 6.08 Å². The summed E-state index contributed by atoms with van der Waals surface area (Å²) < 4.78 is 0.673. The lowest BCUT2D eigenvalue weighted by Crippen LogP contribution is -2.23. The van der Waals surface area contributed by atoms with Crippen LogP contribution in [-0.4, -0.2) is 22.8 Å². The second-order valence-electron chi connectivity index (χ2n) is 4.55. The number of halogens is 1. The Hall–Kier alpha value is -2.18. The summed E-state index contributed by atoms with van der Waals surface area (Å²) in [6.45, 7) is 0.442. The fourth-order valence-corrected chi connectivity index (χ4v) is 2.97. The normalized spacial score (nSPS) is 10.8. The summed E-state index contributed by atoms with van der Waals surface area (Å²) in [5, 5.41) is 10.9. The highest BCUT2D eigenvalue weighted by Gasteiger charge is 2.11. The van der Waals surface area contributed by atoms with Gasteiger partial charge in [-0.05, 0) is 24.3 Å². The van der Waals surface area contributed by atoms with Crippen LogP contribution in [0.2, 0.25) is 4.34 Å². The molecule has 22 heavy (non-hydrogen) atoms. The molecule has 0 unspecified atom stereocenters. The highest BCUT2D eigenvalue weighted by atomic mass is 35.5. The summed E-state index contributed by atoms with van der Waals surface area (Å²) in [6, 6.07) is 9.92. The molecule has 0 fully saturated rings. The predicted octanol–water partition coefficient (Wildman–Crippen LogP) is 3.98. The highest BCUT2D eigenvalue weighted by Crippen LogP contribution is 2.23. The van der Waals surface area contributed by atoms with Crippen molar-refractivity contribution in [1.82, 2.24) is 4.90 Å². The summed E-state index contributed by atoms with van der Waals surface area (Å²) in [5.41, 5.74) is 0.368. The standard InChI is InChI=1S/C15H13ClN2O3S/c1-17(10-12-7-8-14(16)22-12)15(19)9-6-11-4-2-3-5-13(11)18(20)21/h2-9H,10H2,1H3/b9-6+. The van der Waals surface area contributed by atoms with Crippen LogP contribution in [0.5, 0.6) is 0 Å². The Morgan fingerprint density at radius 3 is 2.73 bits per heavy atom. The van der Waals surface area contributed by atoms with Crippen LogP contribution in [-0.2, 0) is 11.3 Å². The molecule has 1 amide bonds. The predicted molar refractivity (Wildman–Crippen MR) is 87.9 cm³/mol. The van der Waals surface area contributed by atoms with Crippen LogP contribution in [0, 0.1) is 10.1 Å². The SMILES string of the molecule is CN(Cc1ccc(Cl)s1)C(=O)/C=C/c1ccccc1[N+](=O)[O-]. The smallest absolute Gasteiger partial charge is 0.276 e. The fourth-order valence-electron chi connectivity index (χ4n) is 1.83. The number of carbonyl (C=O) groups excluding carboxylic acids is 1. The van der Waals surface area contributed by atoms with Gasteiger partial charge in [0.15, 0.2) is 0 Å². The van der Waals surface area contributed by atoms with E-state index in [1.807, 2.05) is 6.07 Å². The lowest BCUT2D eigenvalue weighted by atomic mass is 10.1. The van der Waals surface area contributed by atoms with Gasteiger partial charge in [-0.25, -0.2) is 0 Å². The molecular weight excluding hydrogens is 324 g/mol. The van der Waals surface area contributed by atoms with Crippen molar-refractivity contribution in [2.45, 2.75) is 6.54 Å². The van der Waals surface area contributed by atoms with Gasteiger partial charge in [0.2, 0.25) is 5.91 Å². The number of amides is 1. The fraction of sp³-hybridized carbons (Fsp3) is 0.133. The van der Waals surface area contributed by atoms with Crippen molar-refractivity contribution in [2.75, 3.05) is 7.05 Å². The molecule has 1 heterocycles. The first-order chi connectivity index (χ1) is 10.5. The number of hydrogen-bond donors (Lipinski definition) is 0. The third kappa shape index (κ3) is 4.16. The van der Waals surface area contributed by atoms with E-state index in [1.165, 1.54) is 34.5 Å².